The van der Waals surface area contributed by atoms with Crippen LogP contribution in [-0.2, 0) is 0 Å². The third-order valence-corrected chi connectivity index (χ3v) is 1.16. The molecule has 0 saturated heterocycles. The molecule has 0 N–H and O–H groups in total. The Balaban J connectivity index is 2.96. The second kappa shape index (κ2) is 2.73. The Labute approximate surface area is 59.1 Å². The van der Waals surface area contributed by atoms with E-state index in [4.69, 9.17) is 0 Å². The molecule has 2 nitrogen and oxygen atoms in total. The zero-order chi connectivity index (χ0) is 7.56. The number of rotatable bonds is 1. The summed E-state index contributed by atoms with van der Waals surface area (Å²) in [5.41, 5.74) is 0. The first-order valence-corrected chi connectivity index (χ1v) is 3.18. The molecule has 0 atom stereocenters. The summed E-state index contributed by atoms with van der Waals surface area (Å²) in [5.74, 6) is 0.286. The van der Waals surface area contributed by atoms with E-state index in [0.29, 0.717) is 5.82 Å². The highest BCUT2D eigenvalue weighted by Gasteiger charge is 2.01. The SMILES string of the molecule is CC(C)c1nccc(F)n1. The molecule has 1 rings (SSSR count). The molecule has 1 heterocycles. The van der Waals surface area contributed by atoms with Crippen molar-refractivity contribution in [2.45, 2.75) is 19.8 Å². The lowest BCUT2D eigenvalue weighted by Crippen LogP contribution is -1.97. The highest BCUT2D eigenvalue weighted by molar-refractivity contribution is 4.94. The minimum Gasteiger partial charge on any atom is -0.241 e. The third kappa shape index (κ3) is 1.50. The molecular formula is C7H9FN2. The lowest BCUT2D eigenvalue weighted by molar-refractivity contribution is 0.562. The molecule has 10 heavy (non-hydrogen) atoms. The molecule has 1 aromatic heterocycles. The molecule has 54 valence electrons. The van der Waals surface area contributed by atoms with Crippen LogP contribution in [0.5, 0.6) is 0 Å². The van der Waals surface area contributed by atoms with Crippen LogP contribution < -0.4 is 0 Å². The normalized spacial score (nSPS) is 10.4. The minimum absolute atomic E-state index is 0.190. The van der Waals surface area contributed by atoms with Gasteiger partial charge in [-0.1, -0.05) is 13.8 Å². The number of hydrogen-bond acceptors (Lipinski definition) is 2. The van der Waals surface area contributed by atoms with Crippen molar-refractivity contribution in [3.8, 4) is 0 Å². The standard InChI is InChI=1S/C7H9FN2/c1-5(2)7-9-4-3-6(8)10-7/h3-5H,1-2H3. The van der Waals surface area contributed by atoms with Gasteiger partial charge < -0.3 is 0 Å². The average molecular weight is 140 g/mol. The van der Waals surface area contributed by atoms with E-state index in [2.05, 4.69) is 9.97 Å². The van der Waals surface area contributed by atoms with Gasteiger partial charge in [0.25, 0.3) is 0 Å². The lowest BCUT2D eigenvalue weighted by atomic mass is 10.2. The molecule has 0 spiro atoms. The van der Waals surface area contributed by atoms with Crippen molar-refractivity contribution in [3.63, 3.8) is 0 Å². The summed E-state index contributed by atoms with van der Waals surface area (Å²) in [6.45, 7) is 3.85. The molecule has 0 fully saturated rings. The predicted octanol–water partition coefficient (Wildman–Crippen LogP) is 1.74. The van der Waals surface area contributed by atoms with E-state index in [9.17, 15) is 4.39 Å². The van der Waals surface area contributed by atoms with Crippen LogP contribution >= 0.6 is 0 Å². The fourth-order valence-corrected chi connectivity index (χ4v) is 0.629. The van der Waals surface area contributed by atoms with Crippen molar-refractivity contribution in [2.75, 3.05) is 0 Å². The second-order valence-corrected chi connectivity index (χ2v) is 2.39. The molecule has 0 radical (unpaired) electrons. The number of hydrogen-bond donors (Lipinski definition) is 0. The van der Waals surface area contributed by atoms with Crippen molar-refractivity contribution in [2.24, 2.45) is 0 Å². The Morgan fingerprint density at radius 1 is 1.50 bits per heavy atom. The van der Waals surface area contributed by atoms with Gasteiger partial charge in [0.2, 0.25) is 5.95 Å². The minimum atomic E-state index is -0.460. The molecule has 0 bridgehead atoms. The summed E-state index contributed by atoms with van der Waals surface area (Å²) < 4.78 is 12.4. The number of halogens is 1. The van der Waals surface area contributed by atoms with Gasteiger partial charge in [0, 0.05) is 18.2 Å². The van der Waals surface area contributed by atoms with Gasteiger partial charge in [-0.25, -0.2) is 9.97 Å². The van der Waals surface area contributed by atoms with Crippen LogP contribution in [0.2, 0.25) is 0 Å². The second-order valence-electron chi connectivity index (χ2n) is 2.39. The fraction of sp³-hybridized carbons (Fsp3) is 0.429. The number of nitrogens with zero attached hydrogens (tertiary/aromatic N) is 2. The summed E-state index contributed by atoms with van der Waals surface area (Å²) in [6, 6.07) is 1.24. The zero-order valence-corrected chi connectivity index (χ0v) is 6.00. The highest BCUT2D eigenvalue weighted by Crippen LogP contribution is 2.06. The first-order chi connectivity index (χ1) is 4.70. The van der Waals surface area contributed by atoms with E-state index < -0.39 is 5.95 Å². The molecule has 1 aromatic rings. The summed E-state index contributed by atoms with van der Waals surface area (Å²) in [5, 5.41) is 0. The van der Waals surface area contributed by atoms with Gasteiger partial charge >= 0.3 is 0 Å². The molecule has 3 heteroatoms. The Hall–Kier alpha value is -0.990. The summed E-state index contributed by atoms with van der Waals surface area (Å²) >= 11 is 0. The van der Waals surface area contributed by atoms with E-state index in [1.54, 1.807) is 0 Å². The first kappa shape index (κ1) is 7.12. The predicted molar refractivity (Wildman–Crippen MR) is 36.1 cm³/mol. The van der Waals surface area contributed by atoms with Crippen molar-refractivity contribution in [1.82, 2.24) is 9.97 Å². The molecule has 0 unspecified atom stereocenters. The fourth-order valence-electron chi connectivity index (χ4n) is 0.629. The maximum Gasteiger partial charge on any atom is 0.216 e. The van der Waals surface area contributed by atoms with Crippen LogP contribution in [0, 0.1) is 5.95 Å². The number of aromatic nitrogens is 2. The van der Waals surface area contributed by atoms with Crippen molar-refractivity contribution < 1.29 is 4.39 Å². The molecule has 0 aliphatic rings. The van der Waals surface area contributed by atoms with E-state index >= 15 is 0 Å². The Morgan fingerprint density at radius 2 is 2.20 bits per heavy atom. The van der Waals surface area contributed by atoms with Gasteiger partial charge in [0.1, 0.15) is 5.82 Å². The van der Waals surface area contributed by atoms with E-state index in [0.717, 1.165) is 0 Å². The maximum atomic E-state index is 12.4. The average Bonchev–Trinajstić information content (AvgIpc) is 1.88. The third-order valence-electron chi connectivity index (χ3n) is 1.16. The zero-order valence-electron chi connectivity index (χ0n) is 6.00. The van der Waals surface area contributed by atoms with Crippen LogP contribution in [-0.4, -0.2) is 9.97 Å². The van der Waals surface area contributed by atoms with Crippen molar-refractivity contribution in [1.29, 1.82) is 0 Å². The summed E-state index contributed by atoms with van der Waals surface area (Å²) in [4.78, 5) is 7.48. The topological polar surface area (TPSA) is 25.8 Å². The van der Waals surface area contributed by atoms with Crippen LogP contribution in [0.3, 0.4) is 0 Å². The van der Waals surface area contributed by atoms with Crippen LogP contribution in [0.4, 0.5) is 4.39 Å². The van der Waals surface area contributed by atoms with Crippen LogP contribution in [0.1, 0.15) is 25.6 Å². The molecule has 0 aliphatic carbocycles. The largest absolute Gasteiger partial charge is 0.241 e. The van der Waals surface area contributed by atoms with Crippen LogP contribution in [0.25, 0.3) is 0 Å². The van der Waals surface area contributed by atoms with Gasteiger partial charge in [-0.15, -0.1) is 0 Å². The van der Waals surface area contributed by atoms with E-state index in [-0.39, 0.29) is 5.92 Å². The molecule has 0 aliphatic heterocycles. The molecular weight excluding hydrogens is 131 g/mol. The van der Waals surface area contributed by atoms with Gasteiger partial charge in [0.15, 0.2) is 0 Å². The smallest absolute Gasteiger partial charge is 0.216 e. The van der Waals surface area contributed by atoms with Gasteiger partial charge in [-0.05, 0) is 0 Å². The van der Waals surface area contributed by atoms with Gasteiger partial charge in [-0.3, -0.25) is 0 Å². The van der Waals surface area contributed by atoms with Crippen molar-refractivity contribution in [3.05, 3.63) is 24.0 Å². The summed E-state index contributed by atoms with van der Waals surface area (Å²) in [7, 11) is 0. The van der Waals surface area contributed by atoms with Gasteiger partial charge in [-0.2, -0.15) is 4.39 Å². The summed E-state index contributed by atoms with van der Waals surface area (Å²) in [6.07, 6.45) is 1.43. The van der Waals surface area contributed by atoms with Crippen molar-refractivity contribution >= 4 is 0 Å². The maximum absolute atomic E-state index is 12.4. The Kier molecular flexibility index (Phi) is 1.94. The quantitative estimate of drug-likeness (QED) is 0.555. The van der Waals surface area contributed by atoms with Gasteiger partial charge in [0.05, 0.1) is 0 Å². The van der Waals surface area contributed by atoms with E-state index in [1.165, 1.54) is 12.3 Å². The Bertz CT molecular complexity index is 223. The van der Waals surface area contributed by atoms with Crippen LogP contribution in [0.15, 0.2) is 12.3 Å². The first-order valence-electron chi connectivity index (χ1n) is 3.18. The molecule has 0 aromatic carbocycles. The molecule has 0 saturated carbocycles. The highest BCUT2D eigenvalue weighted by atomic mass is 19.1. The monoisotopic (exact) mass is 140 g/mol. The molecule has 0 amide bonds. The van der Waals surface area contributed by atoms with E-state index in [1.807, 2.05) is 13.8 Å². The lowest BCUT2D eigenvalue weighted by Gasteiger charge is -2.00. The Morgan fingerprint density at radius 3 is 2.60 bits per heavy atom.